The smallest absolute Gasteiger partial charge is 0.269 e. The Hall–Kier alpha value is -2.38. The van der Waals surface area contributed by atoms with E-state index in [1.807, 2.05) is 0 Å². The van der Waals surface area contributed by atoms with Gasteiger partial charge in [-0.05, 0) is 55.1 Å². The van der Waals surface area contributed by atoms with Gasteiger partial charge in [0.25, 0.3) is 5.69 Å². The first-order valence-corrected chi connectivity index (χ1v) is 10.9. The van der Waals surface area contributed by atoms with Crippen LogP contribution in [0.3, 0.4) is 0 Å². The van der Waals surface area contributed by atoms with Gasteiger partial charge in [0.1, 0.15) is 0 Å². The van der Waals surface area contributed by atoms with E-state index in [0.29, 0.717) is 6.54 Å². The van der Waals surface area contributed by atoms with Gasteiger partial charge in [0.05, 0.1) is 10.7 Å². The number of benzene rings is 2. The molecule has 1 aliphatic rings. The number of carbonyl (C=O) groups excluding carboxylic acids is 1. The van der Waals surface area contributed by atoms with Crippen molar-refractivity contribution in [2.75, 3.05) is 18.8 Å². The van der Waals surface area contributed by atoms with Gasteiger partial charge in [0, 0.05) is 30.1 Å². The van der Waals surface area contributed by atoms with Crippen LogP contribution in [0.15, 0.2) is 53.4 Å². The third-order valence-corrected chi connectivity index (χ3v) is 6.22. The number of non-ortho nitro benzene ring substituents is 1. The van der Waals surface area contributed by atoms with Gasteiger partial charge in [-0.3, -0.25) is 19.8 Å². The molecule has 0 aromatic heterocycles. The number of hydrogen-bond acceptors (Lipinski definition) is 5. The van der Waals surface area contributed by atoms with Gasteiger partial charge in [-0.2, -0.15) is 0 Å². The molecule has 1 saturated heterocycles. The molecule has 0 radical (unpaired) electrons. The van der Waals surface area contributed by atoms with Crippen LogP contribution >= 0.6 is 11.8 Å². The number of nitro benzene ring substituents is 1. The van der Waals surface area contributed by atoms with Gasteiger partial charge >= 0.3 is 0 Å². The Balaban J connectivity index is 1.39. The van der Waals surface area contributed by atoms with E-state index in [1.54, 1.807) is 12.1 Å². The SMILES string of the molecule is CC1CCN(Cc2ccc(CNC(=O)CSc3ccc([N+](=O)[O-])cc3)cc2)CC1. The second-order valence-electron chi connectivity index (χ2n) is 7.59. The molecule has 0 unspecified atom stereocenters. The minimum Gasteiger partial charge on any atom is -0.351 e. The highest BCUT2D eigenvalue weighted by Gasteiger charge is 2.15. The number of thioether (sulfide) groups is 1. The summed E-state index contributed by atoms with van der Waals surface area (Å²) in [6.07, 6.45) is 2.56. The zero-order chi connectivity index (χ0) is 20.6. The molecule has 29 heavy (non-hydrogen) atoms. The molecule has 6 nitrogen and oxygen atoms in total. The first-order valence-electron chi connectivity index (χ1n) is 9.94. The topological polar surface area (TPSA) is 75.5 Å². The van der Waals surface area contributed by atoms with E-state index in [0.717, 1.165) is 22.9 Å². The average Bonchev–Trinajstić information content (AvgIpc) is 2.73. The van der Waals surface area contributed by atoms with Crippen molar-refractivity contribution in [3.63, 3.8) is 0 Å². The summed E-state index contributed by atoms with van der Waals surface area (Å²) in [5, 5.41) is 13.6. The van der Waals surface area contributed by atoms with Crippen LogP contribution in [0, 0.1) is 16.0 Å². The minimum atomic E-state index is -0.431. The molecule has 0 bridgehead atoms. The standard InChI is InChI=1S/C22H27N3O3S/c1-17-10-12-24(13-11-17)15-19-4-2-18(3-5-19)14-23-22(26)16-29-21-8-6-20(7-9-21)25(27)28/h2-9,17H,10-16H2,1H3,(H,23,26). The van der Waals surface area contributed by atoms with E-state index in [9.17, 15) is 14.9 Å². The molecule has 1 amide bonds. The van der Waals surface area contributed by atoms with E-state index < -0.39 is 4.92 Å². The first kappa shape index (κ1) is 21.3. The average molecular weight is 414 g/mol. The lowest BCUT2D eigenvalue weighted by atomic mass is 9.99. The summed E-state index contributed by atoms with van der Waals surface area (Å²) in [5.41, 5.74) is 2.44. The van der Waals surface area contributed by atoms with Gasteiger partial charge in [0.15, 0.2) is 0 Å². The molecule has 1 heterocycles. The van der Waals surface area contributed by atoms with Crippen LogP contribution in [0.5, 0.6) is 0 Å². The van der Waals surface area contributed by atoms with E-state index in [-0.39, 0.29) is 17.3 Å². The van der Waals surface area contributed by atoms with Gasteiger partial charge in [-0.1, -0.05) is 31.2 Å². The Morgan fingerprint density at radius 1 is 1.10 bits per heavy atom. The number of carbonyl (C=O) groups is 1. The van der Waals surface area contributed by atoms with Crippen molar-refractivity contribution in [3.05, 3.63) is 69.8 Å². The fourth-order valence-electron chi connectivity index (χ4n) is 3.31. The fraction of sp³-hybridized carbons (Fsp3) is 0.409. The largest absolute Gasteiger partial charge is 0.351 e. The highest BCUT2D eigenvalue weighted by atomic mass is 32.2. The number of rotatable bonds is 8. The normalized spacial score (nSPS) is 15.2. The molecular weight excluding hydrogens is 386 g/mol. The maximum atomic E-state index is 12.1. The number of nitrogens with zero attached hydrogens (tertiary/aromatic N) is 2. The van der Waals surface area contributed by atoms with Crippen LogP contribution in [-0.4, -0.2) is 34.6 Å². The van der Waals surface area contributed by atoms with Gasteiger partial charge < -0.3 is 5.32 Å². The Labute approximate surface area is 175 Å². The molecule has 2 aromatic rings. The second-order valence-corrected chi connectivity index (χ2v) is 8.64. The maximum Gasteiger partial charge on any atom is 0.269 e. The zero-order valence-corrected chi connectivity index (χ0v) is 17.5. The molecule has 0 aliphatic carbocycles. The van der Waals surface area contributed by atoms with Gasteiger partial charge in [-0.15, -0.1) is 11.8 Å². The number of amides is 1. The van der Waals surface area contributed by atoms with Crippen LogP contribution in [-0.2, 0) is 17.9 Å². The Kier molecular flexibility index (Phi) is 7.66. The summed E-state index contributed by atoms with van der Waals surface area (Å²) in [5.74, 6) is 1.07. The molecule has 1 fully saturated rings. The van der Waals surface area contributed by atoms with E-state index >= 15 is 0 Å². The molecule has 2 aromatic carbocycles. The quantitative estimate of drug-likeness (QED) is 0.398. The molecule has 1 N–H and O–H groups in total. The van der Waals surface area contributed by atoms with Gasteiger partial charge in [-0.25, -0.2) is 0 Å². The van der Waals surface area contributed by atoms with Crippen molar-refractivity contribution < 1.29 is 9.72 Å². The van der Waals surface area contributed by atoms with E-state index in [2.05, 4.69) is 41.4 Å². The van der Waals surface area contributed by atoms with Crippen LogP contribution in [0.25, 0.3) is 0 Å². The molecule has 1 aliphatic heterocycles. The van der Waals surface area contributed by atoms with Crippen LogP contribution < -0.4 is 5.32 Å². The summed E-state index contributed by atoms with van der Waals surface area (Å²) >= 11 is 1.37. The van der Waals surface area contributed by atoms with Crippen molar-refractivity contribution in [2.45, 2.75) is 37.8 Å². The van der Waals surface area contributed by atoms with Gasteiger partial charge in [0.2, 0.25) is 5.91 Å². The summed E-state index contributed by atoms with van der Waals surface area (Å²) in [7, 11) is 0. The van der Waals surface area contributed by atoms with Crippen LogP contribution in [0.2, 0.25) is 0 Å². The zero-order valence-electron chi connectivity index (χ0n) is 16.7. The van der Waals surface area contributed by atoms with E-state index in [4.69, 9.17) is 0 Å². The predicted molar refractivity (Wildman–Crippen MR) is 116 cm³/mol. The highest BCUT2D eigenvalue weighted by molar-refractivity contribution is 8.00. The molecule has 3 rings (SSSR count). The fourth-order valence-corrected chi connectivity index (χ4v) is 4.03. The monoisotopic (exact) mass is 413 g/mol. The summed E-state index contributed by atoms with van der Waals surface area (Å²) in [4.78, 5) is 25.6. The molecular formula is C22H27N3O3S. The summed E-state index contributed by atoms with van der Waals surface area (Å²) < 4.78 is 0. The lowest BCUT2D eigenvalue weighted by molar-refractivity contribution is -0.384. The third-order valence-electron chi connectivity index (χ3n) is 5.21. The molecule has 0 atom stereocenters. The number of likely N-dealkylation sites (tertiary alicyclic amines) is 1. The Morgan fingerprint density at radius 3 is 2.34 bits per heavy atom. The van der Waals surface area contributed by atoms with E-state index in [1.165, 1.54) is 55.4 Å². The summed E-state index contributed by atoms with van der Waals surface area (Å²) in [6, 6.07) is 14.7. The van der Waals surface area contributed by atoms with Crippen molar-refractivity contribution in [3.8, 4) is 0 Å². The number of nitro groups is 1. The number of nitrogens with one attached hydrogen (secondary N) is 1. The van der Waals surface area contributed by atoms with Crippen molar-refractivity contribution in [2.24, 2.45) is 5.92 Å². The Morgan fingerprint density at radius 2 is 1.72 bits per heavy atom. The molecule has 0 spiro atoms. The first-order chi connectivity index (χ1) is 14.0. The predicted octanol–water partition coefficient (Wildman–Crippen LogP) is 4.24. The highest BCUT2D eigenvalue weighted by Crippen LogP contribution is 2.21. The second kappa shape index (κ2) is 10.4. The maximum absolute atomic E-state index is 12.1. The lowest BCUT2D eigenvalue weighted by Gasteiger charge is -2.30. The number of hydrogen-bond donors (Lipinski definition) is 1. The van der Waals surface area contributed by atoms with Crippen LogP contribution in [0.1, 0.15) is 30.9 Å². The van der Waals surface area contributed by atoms with Crippen LogP contribution in [0.4, 0.5) is 5.69 Å². The molecule has 7 heteroatoms. The summed E-state index contributed by atoms with van der Waals surface area (Å²) in [6.45, 7) is 6.16. The minimum absolute atomic E-state index is 0.0529. The van der Waals surface area contributed by atoms with Crippen molar-refractivity contribution in [1.82, 2.24) is 10.2 Å². The molecule has 154 valence electrons. The number of piperidine rings is 1. The van der Waals surface area contributed by atoms with Crippen molar-refractivity contribution >= 4 is 23.4 Å². The lowest BCUT2D eigenvalue weighted by Crippen LogP contribution is -2.32. The molecule has 0 saturated carbocycles. The Bertz CT molecular complexity index is 816. The third kappa shape index (κ3) is 6.87. The van der Waals surface area contributed by atoms with Crippen molar-refractivity contribution in [1.29, 1.82) is 0 Å².